The highest BCUT2D eigenvalue weighted by atomic mass is 35.5. The molecular weight excluding hydrogens is 702 g/mol. The Morgan fingerprint density at radius 3 is 2.06 bits per heavy atom. The second-order valence-electron chi connectivity index (χ2n) is 10.2. The molecule has 6 nitrogen and oxygen atoms in total. The minimum Gasteiger partial charge on any atom is -0.326 e. The Hall–Kier alpha value is -4.33. The van der Waals surface area contributed by atoms with E-state index in [1.807, 2.05) is 5.32 Å². The molecule has 4 aromatic carbocycles. The lowest BCUT2D eigenvalue weighted by Gasteiger charge is -2.13. The van der Waals surface area contributed by atoms with Crippen molar-refractivity contribution in [3.8, 4) is 0 Å². The molecule has 1 aliphatic carbocycles. The molecule has 1 saturated carbocycles. The van der Waals surface area contributed by atoms with Gasteiger partial charge in [-0.15, -0.1) is 23.2 Å². The van der Waals surface area contributed by atoms with Crippen LogP contribution in [0.3, 0.4) is 0 Å². The summed E-state index contributed by atoms with van der Waals surface area (Å²) in [6, 6.07) is 11.5. The normalized spacial score (nSPS) is 16.7. The van der Waals surface area contributed by atoms with Crippen LogP contribution in [0.25, 0.3) is 0 Å². The van der Waals surface area contributed by atoms with E-state index in [0.717, 1.165) is 48.5 Å². The first-order chi connectivity index (χ1) is 22.0. The molecule has 0 unspecified atom stereocenters. The predicted molar refractivity (Wildman–Crippen MR) is 161 cm³/mol. The largest absolute Gasteiger partial charge is 0.419 e. The monoisotopic (exact) mass is 717 g/mol. The summed E-state index contributed by atoms with van der Waals surface area (Å²) in [5.41, 5.74) is -3.60. The van der Waals surface area contributed by atoms with Gasteiger partial charge in [-0.25, -0.2) is 17.6 Å². The van der Waals surface area contributed by atoms with Gasteiger partial charge in [-0.05, 0) is 72.3 Å². The second kappa shape index (κ2) is 12.7. The molecule has 0 bridgehead atoms. The van der Waals surface area contributed by atoms with E-state index in [1.54, 1.807) is 0 Å². The number of anilines is 3. The number of hydrogen-bond donors (Lipinski definition) is 3. The molecule has 0 radical (unpaired) electrons. The van der Waals surface area contributed by atoms with Gasteiger partial charge in [-0.1, -0.05) is 17.7 Å². The van der Waals surface area contributed by atoms with Gasteiger partial charge in [-0.2, -0.15) is 13.2 Å². The van der Waals surface area contributed by atoms with Crippen molar-refractivity contribution in [2.45, 2.75) is 16.4 Å². The molecule has 1 fully saturated rings. The van der Waals surface area contributed by atoms with E-state index in [2.05, 4.69) is 10.6 Å². The standard InChI is InChI=1S/C31H17Cl3F7N3O3/c32-19-7-6-16(42-29(47)24-23(30(24,33)34)14-3-8-20(36)18(11-14)31(39,40)41)12-17(19)28(46)43-22-10-9-21(37)26(25(22)38)44-27(45)13-1-4-15(35)5-2-13/h1-12,23-24H,(H,42,47)(H,43,46)(H,44,45)/t23-,24+/m0/s1. The van der Waals surface area contributed by atoms with E-state index in [1.165, 1.54) is 12.1 Å². The summed E-state index contributed by atoms with van der Waals surface area (Å²) >= 11 is 18.6. The number of rotatable bonds is 7. The summed E-state index contributed by atoms with van der Waals surface area (Å²) in [6.45, 7) is 0. The average Bonchev–Trinajstić information content (AvgIpc) is 3.59. The van der Waals surface area contributed by atoms with Gasteiger partial charge in [0.1, 0.15) is 27.5 Å². The topological polar surface area (TPSA) is 87.3 Å². The van der Waals surface area contributed by atoms with Crippen molar-refractivity contribution in [1.82, 2.24) is 0 Å². The summed E-state index contributed by atoms with van der Waals surface area (Å²) in [6.07, 6.45) is -5.01. The van der Waals surface area contributed by atoms with Gasteiger partial charge in [0.2, 0.25) is 5.91 Å². The molecule has 1 aliphatic rings. The molecule has 0 aliphatic heterocycles. The summed E-state index contributed by atoms with van der Waals surface area (Å²) < 4.78 is 94.4. The third-order valence-corrected chi connectivity index (χ3v) is 8.42. The maximum Gasteiger partial charge on any atom is 0.419 e. The Kier molecular flexibility index (Phi) is 9.19. The fraction of sp³-hybridized carbons (Fsp3) is 0.129. The van der Waals surface area contributed by atoms with Crippen LogP contribution in [0.1, 0.15) is 37.8 Å². The lowest BCUT2D eigenvalue weighted by molar-refractivity contribution is -0.140. The van der Waals surface area contributed by atoms with Crippen LogP contribution < -0.4 is 16.0 Å². The Balaban J connectivity index is 1.32. The lowest BCUT2D eigenvalue weighted by atomic mass is 10.0. The molecule has 3 amide bonds. The number of carbonyl (C=O) groups is 3. The van der Waals surface area contributed by atoms with Gasteiger partial charge >= 0.3 is 6.18 Å². The van der Waals surface area contributed by atoms with E-state index in [4.69, 9.17) is 34.8 Å². The van der Waals surface area contributed by atoms with Gasteiger partial charge in [-0.3, -0.25) is 14.4 Å². The van der Waals surface area contributed by atoms with Gasteiger partial charge < -0.3 is 16.0 Å². The quantitative estimate of drug-likeness (QED) is 0.132. The first kappa shape index (κ1) is 34.0. The number of halogens is 10. The second-order valence-corrected chi connectivity index (χ2v) is 12.1. The van der Waals surface area contributed by atoms with E-state index < -0.39 is 80.3 Å². The zero-order chi connectivity index (χ0) is 34.4. The van der Waals surface area contributed by atoms with Crippen molar-refractivity contribution < 1.29 is 45.1 Å². The maximum atomic E-state index is 15.2. The van der Waals surface area contributed by atoms with Crippen molar-refractivity contribution in [2.24, 2.45) is 5.92 Å². The molecular formula is C31H17Cl3F7N3O3. The third kappa shape index (κ3) is 7.02. The zero-order valence-corrected chi connectivity index (χ0v) is 25.4. The number of benzene rings is 4. The maximum absolute atomic E-state index is 15.2. The molecule has 5 rings (SSSR count). The van der Waals surface area contributed by atoms with Crippen molar-refractivity contribution in [3.63, 3.8) is 0 Å². The van der Waals surface area contributed by atoms with E-state index in [0.29, 0.717) is 12.1 Å². The number of alkyl halides is 5. The molecule has 2 atom stereocenters. The SMILES string of the molecule is O=C(Nc1c(F)ccc(NC(=O)c2cc(NC(=O)[C@H]3[C@H](c4ccc(F)c(C(F)(F)F)c4)C3(Cl)Cl)ccc2Cl)c1F)c1ccc(F)cc1. The molecule has 16 heteroatoms. The Morgan fingerprint density at radius 2 is 1.40 bits per heavy atom. The summed E-state index contributed by atoms with van der Waals surface area (Å²) in [5.74, 6) is -9.94. The Labute approximate surface area is 275 Å². The van der Waals surface area contributed by atoms with Crippen LogP contribution in [-0.4, -0.2) is 22.1 Å². The predicted octanol–water partition coefficient (Wildman–Crippen LogP) is 8.95. The summed E-state index contributed by atoms with van der Waals surface area (Å²) in [4.78, 5) is 38.6. The molecule has 0 spiro atoms. The highest BCUT2D eigenvalue weighted by Gasteiger charge is 2.67. The smallest absolute Gasteiger partial charge is 0.326 e. The Bertz CT molecular complexity index is 1920. The van der Waals surface area contributed by atoms with Gasteiger partial charge in [0.25, 0.3) is 11.8 Å². The molecule has 0 saturated heterocycles. The van der Waals surface area contributed by atoms with Crippen molar-refractivity contribution in [2.75, 3.05) is 16.0 Å². The minimum absolute atomic E-state index is 0.0405. The Morgan fingerprint density at radius 1 is 0.745 bits per heavy atom. The van der Waals surface area contributed by atoms with Gasteiger partial charge in [0, 0.05) is 17.2 Å². The highest BCUT2D eigenvalue weighted by molar-refractivity contribution is 6.53. The lowest BCUT2D eigenvalue weighted by Crippen LogP contribution is -2.19. The molecule has 0 aromatic heterocycles. The molecule has 244 valence electrons. The van der Waals surface area contributed by atoms with Crippen LogP contribution in [0.2, 0.25) is 5.02 Å². The molecule has 47 heavy (non-hydrogen) atoms. The number of nitrogens with one attached hydrogen (secondary N) is 3. The number of amides is 3. The van der Waals surface area contributed by atoms with E-state index >= 15 is 4.39 Å². The fourth-order valence-corrected chi connectivity index (χ4v) is 5.79. The molecule has 4 aromatic rings. The van der Waals surface area contributed by atoms with Crippen molar-refractivity contribution in [3.05, 3.63) is 123 Å². The minimum atomic E-state index is -5.01. The van der Waals surface area contributed by atoms with Crippen molar-refractivity contribution in [1.29, 1.82) is 0 Å². The third-order valence-electron chi connectivity index (χ3n) is 7.15. The molecule has 3 N–H and O–H groups in total. The van der Waals surface area contributed by atoms with Crippen LogP contribution in [0.5, 0.6) is 0 Å². The molecule has 0 heterocycles. The highest BCUT2D eigenvalue weighted by Crippen LogP contribution is 2.65. The zero-order valence-electron chi connectivity index (χ0n) is 23.1. The van der Waals surface area contributed by atoms with Crippen LogP contribution in [0.15, 0.2) is 72.8 Å². The van der Waals surface area contributed by atoms with E-state index in [9.17, 15) is 40.7 Å². The van der Waals surface area contributed by atoms with Crippen LogP contribution in [0, 0.1) is 29.2 Å². The van der Waals surface area contributed by atoms with Gasteiger partial charge in [0.05, 0.1) is 27.8 Å². The average molecular weight is 719 g/mol. The van der Waals surface area contributed by atoms with Gasteiger partial charge in [0.15, 0.2) is 5.82 Å². The summed E-state index contributed by atoms with van der Waals surface area (Å²) in [7, 11) is 0. The number of hydrogen-bond acceptors (Lipinski definition) is 3. The first-order valence-electron chi connectivity index (χ1n) is 13.2. The first-order valence-corrected chi connectivity index (χ1v) is 14.3. The summed E-state index contributed by atoms with van der Waals surface area (Å²) in [5, 5.41) is 6.49. The van der Waals surface area contributed by atoms with Crippen LogP contribution in [-0.2, 0) is 11.0 Å². The van der Waals surface area contributed by atoms with Crippen LogP contribution >= 0.6 is 34.8 Å². The van der Waals surface area contributed by atoms with Crippen LogP contribution in [0.4, 0.5) is 47.8 Å². The van der Waals surface area contributed by atoms with E-state index in [-0.39, 0.29) is 27.4 Å². The number of carbonyl (C=O) groups excluding carboxylic acids is 3. The fourth-order valence-electron chi connectivity index (χ4n) is 4.76. The van der Waals surface area contributed by atoms with Crippen molar-refractivity contribution >= 4 is 69.6 Å².